The van der Waals surface area contributed by atoms with Crippen molar-refractivity contribution in [3.05, 3.63) is 12.2 Å². The number of carbonyl (C=O) groups excluding carboxylic acids is 1. The Hall–Kier alpha value is -0.830. The van der Waals surface area contributed by atoms with Crippen LogP contribution in [0.5, 0.6) is 0 Å². The fraction of sp³-hybridized carbons (Fsp3) is 0.786. The van der Waals surface area contributed by atoms with Gasteiger partial charge in [0, 0.05) is 5.57 Å². The van der Waals surface area contributed by atoms with Gasteiger partial charge < -0.3 is 9.84 Å². The summed E-state index contributed by atoms with van der Waals surface area (Å²) in [5, 5.41) is 9.20. The maximum Gasteiger partial charge on any atom is 0.334 e. The van der Waals surface area contributed by atoms with Gasteiger partial charge in [-0.1, -0.05) is 45.6 Å². The molecule has 0 bridgehead atoms. The third-order valence-corrected chi connectivity index (χ3v) is 3.46. The van der Waals surface area contributed by atoms with Crippen molar-refractivity contribution >= 4 is 5.97 Å². The van der Waals surface area contributed by atoms with E-state index in [0.717, 1.165) is 12.8 Å². The summed E-state index contributed by atoms with van der Waals surface area (Å²) >= 11 is 0. The topological polar surface area (TPSA) is 46.5 Å². The Morgan fingerprint density at radius 1 is 1.24 bits per heavy atom. The number of esters is 1. The molecule has 98 valence electrons. The number of hydrogen-bond acceptors (Lipinski definition) is 3. The van der Waals surface area contributed by atoms with Gasteiger partial charge in [-0.25, -0.2) is 4.79 Å². The van der Waals surface area contributed by atoms with Crippen molar-refractivity contribution in [2.45, 2.75) is 58.0 Å². The first-order valence-corrected chi connectivity index (χ1v) is 6.71. The fourth-order valence-electron chi connectivity index (χ4n) is 2.28. The lowest BCUT2D eigenvalue weighted by molar-refractivity contribution is -0.139. The molecule has 0 unspecified atom stereocenters. The molecule has 1 N–H and O–H groups in total. The minimum atomic E-state index is -0.333. The van der Waals surface area contributed by atoms with Crippen molar-refractivity contribution in [3.63, 3.8) is 0 Å². The van der Waals surface area contributed by atoms with Crippen LogP contribution in [0, 0.1) is 5.92 Å². The van der Waals surface area contributed by atoms with Crippen molar-refractivity contribution in [1.29, 1.82) is 0 Å². The Kier molecular flexibility index (Phi) is 6.27. The van der Waals surface area contributed by atoms with E-state index in [-0.39, 0.29) is 24.6 Å². The molecule has 0 aromatic heterocycles. The van der Waals surface area contributed by atoms with Crippen molar-refractivity contribution < 1.29 is 14.6 Å². The van der Waals surface area contributed by atoms with Crippen molar-refractivity contribution in [1.82, 2.24) is 0 Å². The fourth-order valence-corrected chi connectivity index (χ4v) is 2.28. The van der Waals surface area contributed by atoms with Crippen LogP contribution in [-0.4, -0.2) is 23.8 Å². The first-order chi connectivity index (χ1) is 8.20. The van der Waals surface area contributed by atoms with Crippen LogP contribution in [0.3, 0.4) is 0 Å². The number of ether oxygens (including phenoxy) is 1. The van der Waals surface area contributed by atoms with Gasteiger partial charge in [0.15, 0.2) is 0 Å². The van der Waals surface area contributed by atoms with Crippen LogP contribution in [-0.2, 0) is 9.53 Å². The molecule has 17 heavy (non-hydrogen) atoms. The summed E-state index contributed by atoms with van der Waals surface area (Å²) in [6.45, 7) is 5.84. The zero-order chi connectivity index (χ0) is 12.7. The van der Waals surface area contributed by atoms with Crippen molar-refractivity contribution in [2.24, 2.45) is 5.92 Å². The summed E-state index contributed by atoms with van der Waals surface area (Å²) in [5.74, 6) is -0.516. The first kappa shape index (κ1) is 14.2. The van der Waals surface area contributed by atoms with Crippen LogP contribution in [0.15, 0.2) is 12.2 Å². The average Bonchev–Trinajstić information content (AvgIpc) is 2.59. The molecule has 1 rings (SSSR count). The molecule has 0 aliphatic carbocycles. The maximum absolute atomic E-state index is 11.3. The Morgan fingerprint density at radius 2 is 1.88 bits per heavy atom. The van der Waals surface area contributed by atoms with Gasteiger partial charge in [0.25, 0.3) is 0 Å². The Labute approximate surface area is 104 Å². The Bertz CT molecular complexity index is 260. The third-order valence-electron chi connectivity index (χ3n) is 3.46. The number of aliphatic hydroxyl groups is 1. The largest absolute Gasteiger partial charge is 0.458 e. The number of carbonyl (C=O) groups is 1. The summed E-state index contributed by atoms with van der Waals surface area (Å²) in [7, 11) is 0. The predicted octanol–water partition coefficient (Wildman–Crippen LogP) is 2.83. The standard InChI is InChI=1S/C14H24O3/c1-3-4-5-6-7-8-9-13-12(10-15)11(2)14(16)17-13/h12-13,15H,2-10H2,1H3/t12-,13+/m1/s1. The lowest BCUT2D eigenvalue weighted by Crippen LogP contribution is -2.19. The SMILES string of the molecule is C=C1C(=O)O[C@@H](CCCCCCCC)[C@@H]1CO. The van der Waals surface area contributed by atoms with Crippen LogP contribution in [0.2, 0.25) is 0 Å². The molecular formula is C14H24O3. The van der Waals surface area contributed by atoms with E-state index in [2.05, 4.69) is 13.5 Å². The van der Waals surface area contributed by atoms with E-state index >= 15 is 0 Å². The second kappa shape index (κ2) is 7.49. The monoisotopic (exact) mass is 240 g/mol. The zero-order valence-electron chi connectivity index (χ0n) is 10.8. The molecule has 3 heteroatoms. The van der Waals surface area contributed by atoms with Crippen LogP contribution >= 0.6 is 0 Å². The lowest BCUT2D eigenvalue weighted by Gasteiger charge is -2.14. The second-order valence-corrected chi connectivity index (χ2v) is 4.81. The molecule has 0 amide bonds. The number of aliphatic hydroxyl groups excluding tert-OH is 1. The van der Waals surface area contributed by atoms with E-state index in [1.165, 1.54) is 32.1 Å². The molecule has 1 aliphatic rings. The van der Waals surface area contributed by atoms with E-state index in [4.69, 9.17) is 4.74 Å². The van der Waals surface area contributed by atoms with Crippen molar-refractivity contribution in [2.75, 3.05) is 6.61 Å². The summed E-state index contributed by atoms with van der Waals surface area (Å²) in [6, 6.07) is 0. The molecule has 0 saturated carbocycles. The van der Waals surface area contributed by atoms with Gasteiger partial charge in [-0.15, -0.1) is 0 Å². The highest BCUT2D eigenvalue weighted by Crippen LogP contribution is 2.29. The van der Waals surface area contributed by atoms with Gasteiger partial charge in [0.2, 0.25) is 0 Å². The van der Waals surface area contributed by atoms with E-state index in [1.54, 1.807) is 0 Å². The average molecular weight is 240 g/mol. The van der Waals surface area contributed by atoms with Crippen LogP contribution in [0.1, 0.15) is 51.9 Å². The molecular weight excluding hydrogens is 216 g/mol. The van der Waals surface area contributed by atoms with Gasteiger partial charge in [-0.3, -0.25) is 0 Å². The minimum Gasteiger partial charge on any atom is -0.458 e. The normalized spacial score (nSPS) is 24.1. The smallest absolute Gasteiger partial charge is 0.334 e. The molecule has 1 aliphatic heterocycles. The lowest BCUT2D eigenvalue weighted by atomic mass is 9.94. The summed E-state index contributed by atoms with van der Waals surface area (Å²) in [5.41, 5.74) is 0.434. The Balaban J connectivity index is 2.18. The van der Waals surface area contributed by atoms with Crippen molar-refractivity contribution in [3.8, 4) is 0 Å². The summed E-state index contributed by atoms with van der Waals surface area (Å²) in [4.78, 5) is 11.3. The third kappa shape index (κ3) is 4.15. The Morgan fingerprint density at radius 3 is 2.53 bits per heavy atom. The highest BCUT2D eigenvalue weighted by Gasteiger charge is 2.37. The maximum atomic E-state index is 11.3. The van der Waals surface area contributed by atoms with Crippen LogP contribution < -0.4 is 0 Å². The van der Waals surface area contributed by atoms with Gasteiger partial charge in [-0.2, -0.15) is 0 Å². The summed E-state index contributed by atoms with van der Waals surface area (Å²) < 4.78 is 5.21. The van der Waals surface area contributed by atoms with Crippen LogP contribution in [0.25, 0.3) is 0 Å². The van der Waals surface area contributed by atoms with Gasteiger partial charge >= 0.3 is 5.97 Å². The van der Waals surface area contributed by atoms with Gasteiger partial charge in [0.05, 0.1) is 12.5 Å². The first-order valence-electron chi connectivity index (χ1n) is 6.71. The van der Waals surface area contributed by atoms with Crippen LogP contribution in [0.4, 0.5) is 0 Å². The molecule has 3 nitrogen and oxygen atoms in total. The van der Waals surface area contributed by atoms with E-state index in [9.17, 15) is 9.90 Å². The highest BCUT2D eigenvalue weighted by atomic mass is 16.6. The molecule has 0 radical (unpaired) electrons. The van der Waals surface area contributed by atoms with Gasteiger partial charge in [0.1, 0.15) is 6.10 Å². The molecule has 0 aromatic rings. The molecule has 2 atom stereocenters. The number of unbranched alkanes of at least 4 members (excludes halogenated alkanes) is 5. The van der Waals surface area contributed by atoms with E-state index < -0.39 is 0 Å². The highest BCUT2D eigenvalue weighted by molar-refractivity contribution is 5.90. The predicted molar refractivity (Wildman–Crippen MR) is 67.6 cm³/mol. The molecule has 0 spiro atoms. The van der Waals surface area contributed by atoms with E-state index in [1.807, 2.05) is 0 Å². The second-order valence-electron chi connectivity index (χ2n) is 4.81. The quantitative estimate of drug-likeness (QED) is 0.403. The van der Waals surface area contributed by atoms with E-state index in [0.29, 0.717) is 5.57 Å². The molecule has 1 saturated heterocycles. The van der Waals surface area contributed by atoms with Gasteiger partial charge in [-0.05, 0) is 12.8 Å². The number of hydrogen-bond donors (Lipinski definition) is 1. The molecule has 1 fully saturated rings. The summed E-state index contributed by atoms with van der Waals surface area (Å²) in [6.07, 6.45) is 8.04. The zero-order valence-corrected chi connectivity index (χ0v) is 10.8. The molecule has 1 heterocycles. The number of cyclic esters (lactones) is 1. The number of rotatable bonds is 8. The molecule has 0 aromatic carbocycles. The minimum absolute atomic E-state index is 0.0366.